The monoisotopic (exact) mass is 571 g/mol. The molecule has 2 aromatic carbocycles. The number of hydrogen-bond acceptors (Lipinski definition) is 5. The lowest BCUT2D eigenvalue weighted by molar-refractivity contribution is -0.143. The number of piperidine rings is 1. The second kappa shape index (κ2) is 13.3. The van der Waals surface area contributed by atoms with Gasteiger partial charge in [-0.2, -0.15) is 26.3 Å². The van der Waals surface area contributed by atoms with Crippen LogP contribution in [-0.2, 0) is 28.4 Å². The van der Waals surface area contributed by atoms with E-state index in [4.69, 9.17) is 10.5 Å². The number of likely N-dealkylation sites (tertiary alicyclic amines) is 1. The first-order valence-electron chi connectivity index (χ1n) is 12.5. The number of rotatable bonds is 7. The van der Waals surface area contributed by atoms with Gasteiger partial charge in [-0.05, 0) is 55.0 Å². The van der Waals surface area contributed by atoms with Crippen molar-refractivity contribution < 1.29 is 35.9 Å². The van der Waals surface area contributed by atoms with Crippen molar-refractivity contribution in [2.24, 2.45) is 11.7 Å². The van der Waals surface area contributed by atoms with E-state index in [2.05, 4.69) is 27.3 Å². The Hall–Kier alpha value is -3.45. The van der Waals surface area contributed by atoms with Gasteiger partial charge in [-0.15, -0.1) is 5.10 Å². The van der Waals surface area contributed by atoms with Gasteiger partial charge in [0.25, 0.3) is 0 Å². The molecule has 4 rings (SSSR count). The number of carbonyl (C=O) groups excluding carboxylic acids is 1. The van der Waals surface area contributed by atoms with E-state index in [9.17, 15) is 31.1 Å². The average Bonchev–Trinajstić information content (AvgIpc) is 3.41. The first kappa shape index (κ1) is 31.1. The number of primary amides is 1. The zero-order valence-corrected chi connectivity index (χ0v) is 22.0. The molecule has 1 amide bonds. The summed E-state index contributed by atoms with van der Waals surface area (Å²) in [6.07, 6.45) is -4.81. The summed E-state index contributed by atoms with van der Waals surface area (Å²) in [4.78, 5) is 13.6. The molecule has 1 aliphatic heterocycles. The summed E-state index contributed by atoms with van der Waals surface area (Å²) in [6, 6.07) is 12.0. The fourth-order valence-corrected chi connectivity index (χ4v) is 4.65. The highest BCUT2D eigenvalue weighted by molar-refractivity contribution is 5.76. The number of nitrogens with zero attached hydrogens (tertiary/aromatic N) is 4. The van der Waals surface area contributed by atoms with Crippen molar-refractivity contribution in [3.8, 4) is 0 Å². The lowest BCUT2D eigenvalue weighted by Crippen LogP contribution is -2.43. The highest BCUT2D eigenvalue weighted by atomic mass is 19.4. The number of ether oxygens (including phenoxy) is 1. The van der Waals surface area contributed by atoms with Crippen LogP contribution in [0.5, 0.6) is 0 Å². The summed E-state index contributed by atoms with van der Waals surface area (Å²) in [5.74, 6) is 0.184. The van der Waals surface area contributed by atoms with Crippen molar-refractivity contribution in [1.29, 1.82) is 0 Å². The van der Waals surface area contributed by atoms with Crippen molar-refractivity contribution in [2.75, 3.05) is 20.2 Å². The van der Waals surface area contributed by atoms with Crippen LogP contribution < -0.4 is 5.73 Å². The molecule has 218 valence electrons. The van der Waals surface area contributed by atoms with Crippen LogP contribution in [0.15, 0.2) is 60.9 Å². The molecule has 1 aromatic heterocycles. The van der Waals surface area contributed by atoms with Crippen molar-refractivity contribution in [3.63, 3.8) is 0 Å². The van der Waals surface area contributed by atoms with Crippen LogP contribution in [-0.4, -0.2) is 46.0 Å². The number of amides is 1. The Morgan fingerprint density at radius 2 is 1.68 bits per heavy atom. The fourth-order valence-electron chi connectivity index (χ4n) is 4.65. The first-order chi connectivity index (χ1) is 18.8. The first-order valence-corrected chi connectivity index (χ1v) is 12.5. The van der Waals surface area contributed by atoms with E-state index in [-0.39, 0.29) is 23.6 Å². The molecule has 3 aromatic rings. The summed E-state index contributed by atoms with van der Waals surface area (Å²) >= 11 is 0. The Balaban J connectivity index is 0.000000226. The minimum Gasteiger partial charge on any atom is -0.377 e. The van der Waals surface area contributed by atoms with E-state index in [1.165, 1.54) is 19.6 Å². The number of carbonyl (C=O) groups is 1. The average molecular weight is 572 g/mol. The van der Waals surface area contributed by atoms with Crippen LogP contribution in [0.2, 0.25) is 0 Å². The van der Waals surface area contributed by atoms with Gasteiger partial charge < -0.3 is 10.5 Å². The third-order valence-electron chi connectivity index (χ3n) is 6.68. The van der Waals surface area contributed by atoms with Gasteiger partial charge in [0.05, 0.1) is 30.0 Å². The van der Waals surface area contributed by atoms with Gasteiger partial charge in [0.1, 0.15) is 0 Å². The normalized spacial score (nSPS) is 19.0. The van der Waals surface area contributed by atoms with Gasteiger partial charge in [0.15, 0.2) is 0 Å². The number of benzene rings is 2. The molecule has 2 N–H and O–H groups in total. The molecule has 0 bridgehead atoms. The van der Waals surface area contributed by atoms with Crippen LogP contribution in [0.1, 0.15) is 54.2 Å². The third kappa shape index (κ3) is 8.78. The largest absolute Gasteiger partial charge is 0.416 e. The van der Waals surface area contributed by atoms with Crippen molar-refractivity contribution >= 4 is 5.91 Å². The van der Waals surface area contributed by atoms with Crippen LogP contribution in [0, 0.1) is 5.92 Å². The molecule has 0 saturated carbocycles. The molecular weight excluding hydrogens is 540 g/mol. The van der Waals surface area contributed by atoms with Gasteiger partial charge in [-0.25, -0.2) is 0 Å². The highest BCUT2D eigenvalue weighted by Gasteiger charge is 2.37. The van der Waals surface area contributed by atoms with Crippen molar-refractivity contribution in [1.82, 2.24) is 19.9 Å². The van der Waals surface area contributed by atoms with Gasteiger partial charge in [0.2, 0.25) is 5.91 Å². The molecule has 1 saturated heterocycles. The van der Waals surface area contributed by atoms with E-state index in [1.807, 2.05) is 29.1 Å². The number of halogens is 6. The van der Waals surface area contributed by atoms with Crippen LogP contribution >= 0.6 is 0 Å². The smallest absolute Gasteiger partial charge is 0.377 e. The van der Waals surface area contributed by atoms with Crippen LogP contribution in [0.25, 0.3) is 0 Å². The molecule has 7 nitrogen and oxygen atoms in total. The maximum Gasteiger partial charge on any atom is 0.416 e. The lowest BCUT2D eigenvalue weighted by Gasteiger charge is -2.39. The van der Waals surface area contributed by atoms with Gasteiger partial charge in [0, 0.05) is 32.4 Å². The Morgan fingerprint density at radius 3 is 2.17 bits per heavy atom. The zero-order valence-electron chi connectivity index (χ0n) is 22.0. The number of hydrogen-bond donors (Lipinski definition) is 1. The minimum atomic E-state index is -4.83. The number of methoxy groups -OCH3 is 1. The predicted octanol–water partition coefficient (Wildman–Crippen LogP) is 5.65. The Kier molecular flexibility index (Phi) is 10.3. The zero-order chi connectivity index (χ0) is 29.5. The molecule has 0 aliphatic carbocycles. The van der Waals surface area contributed by atoms with Gasteiger partial charge in [-0.3, -0.25) is 14.4 Å². The molecule has 1 aliphatic rings. The van der Waals surface area contributed by atoms with Crippen molar-refractivity contribution in [3.05, 3.63) is 83.2 Å². The molecule has 13 heteroatoms. The summed E-state index contributed by atoms with van der Waals surface area (Å²) < 4.78 is 81.6. The van der Waals surface area contributed by atoms with E-state index in [0.717, 1.165) is 25.9 Å². The molecule has 40 heavy (non-hydrogen) atoms. The minimum absolute atomic E-state index is 0.0892. The van der Waals surface area contributed by atoms with Crippen LogP contribution in [0.4, 0.5) is 26.3 Å². The maximum atomic E-state index is 12.5. The topological polar surface area (TPSA) is 86.3 Å². The molecular formula is C27H31F6N5O2. The Labute approximate surface area is 227 Å². The van der Waals surface area contributed by atoms with E-state index >= 15 is 0 Å². The molecule has 3 atom stereocenters. The third-order valence-corrected chi connectivity index (χ3v) is 6.68. The van der Waals surface area contributed by atoms with E-state index in [1.54, 1.807) is 6.20 Å². The van der Waals surface area contributed by atoms with E-state index in [0.29, 0.717) is 24.6 Å². The Bertz CT molecular complexity index is 1190. The number of aromatic nitrogens is 3. The second-order valence-corrected chi connectivity index (χ2v) is 9.61. The molecule has 0 spiro atoms. The van der Waals surface area contributed by atoms with E-state index < -0.39 is 29.6 Å². The van der Waals surface area contributed by atoms with Crippen molar-refractivity contribution in [2.45, 2.75) is 50.8 Å². The quantitative estimate of drug-likeness (QED) is 0.371. The summed E-state index contributed by atoms with van der Waals surface area (Å²) in [5.41, 5.74) is 3.85. The molecule has 2 heterocycles. The summed E-state index contributed by atoms with van der Waals surface area (Å²) in [7, 11) is 1.21. The lowest BCUT2D eigenvalue weighted by atomic mass is 9.89. The standard InChI is InChI=1S/C16H21N5O.C11H10F6O/c17-16(22)12-20-10-13(11-21-9-8-18-19-21)6-7-15(20)14-4-2-1-3-5-14;1-6(18-2)7-3-8(10(12,13)14)5-9(4-7)11(15,16)17/h1-5,8-9,13,15H,6-7,10-12H2,(H2,17,22);3-6H,1-2H3/t13-,15-;6-/m01/s1. The number of alkyl halides is 6. The highest BCUT2D eigenvalue weighted by Crippen LogP contribution is 2.38. The SMILES string of the molecule is CO[C@H](C)c1cc(C(F)(F)F)cc(C(F)(F)F)c1.NC(=O)CN1C[C@@H](Cn2ccnn2)CC[C@H]1c1ccccc1. The number of nitrogens with two attached hydrogens (primary N) is 1. The van der Waals surface area contributed by atoms with Gasteiger partial charge in [-0.1, -0.05) is 35.5 Å². The summed E-state index contributed by atoms with van der Waals surface area (Å²) in [6.45, 7) is 3.35. The maximum absolute atomic E-state index is 12.5. The Morgan fingerprint density at radius 1 is 1.05 bits per heavy atom. The molecule has 1 fully saturated rings. The molecule has 0 radical (unpaired) electrons. The fraction of sp³-hybridized carbons (Fsp3) is 0.444. The summed E-state index contributed by atoms with van der Waals surface area (Å²) in [5, 5.41) is 7.87. The predicted molar refractivity (Wildman–Crippen MR) is 135 cm³/mol. The van der Waals surface area contributed by atoms with Gasteiger partial charge >= 0.3 is 12.4 Å². The second-order valence-electron chi connectivity index (χ2n) is 9.61. The molecule has 0 unspecified atom stereocenters. The van der Waals surface area contributed by atoms with Crippen LogP contribution in [0.3, 0.4) is 0 Å².